The van der Waals surface area contributed by atoms with Crippen LogP contribution in [0, 0.1) is 46.3 Å². The highest BCUT2D eigenvalue weighted by Gasteiger charge is 2.64. The van der Waals surface area contributed by atoms with Gasteiger partial charge in [-0.25, -0.2) is 0 Å². The summed E-state index contributed by atoms with van der Waals surface area (Å²) in [6, 6.07) is 0. The zero-order valence-corrected chi connectivity index (χ0v) is 18.2. The third-order valence-corrected chi connectivity index (χ3v) is 10.2. The largest absolute Gasteiger partial charge is 0.550 e. The zero-order chi connectivity index (χ0) is 21.1. The Morgan fingerprint density at radius 1 is 1.00 bits per heavy atom. The highest BCUT2D eigenvalue weighted by Crippen LogP contribution is 2.68. The predicted molar refractivity (Wildman–Crippen MR) is 107 cm³/mol. The Kier molecular flexibility index (Phi) is 5.57. The van der Waals surface area contributed by atoms with Gasteiger partial charge < -0.3 is 25.2 Å². The third kappa shape index (κ3) is 3.36. The number of fused-ring (bicyclic) bond motifs is 5. The van der Waals surface area contributed by atoms with Crippen molar-refractivity contribution < 1.29 is 25.2 Å². The highest BCUT2D eigenvalue weighted by atomic mass is 16.4. The van der Waals surface area contributed by atoms with E-state index in [1.54, 1.807) is 0 Å². The van der Waals surface area contributed by atoms with Gasteiger partial charge in [-0.3, -0.25) is 0 Å². The van der Waals surface area contributed by atoms with Crippen molar-refractivity contribution in [3.05, 3.63) is 0 Å². The first-order chi connectivity index (χ1) is 13.6. The molecule has 0 unspecified atom stereocenters. The molecule has 11 atom stereocenters. The van der Waals surface area contributed by atoms with Crippen LogP contribution in [-0.4, -0.2) is 39.6 Å². The van der Waals surface area contributed by atoms with Gasteiger partial charge in [0.15, 0.2) is 0 Å². The number of hydrogen-bond donors (Lipinski definition) is 3. The van der Waals surface area contributed by atoms with Gasteiger partial charge in [0.25, 0.3) is 0 Å². The Hall–Kier alpha value is -0.650. The maximum Gasteiger partial charge on any atom is 0.0579 e. The van der Waals surface area contributed by atoms with E-state index in [2.05, 4.69) is 20.8 Å². The van der Waals surface area contributed by atoms with Gasteiger partial charge >= 0.3 is 0 Å². The molecule has 5 heteroatoms. The normalized spacial score (nSPS) is 52.9. The van der Waals surface area contributed by atoms with E-state index in [1.807, 2.05) is 0 Å². The van der Waals surface area contributed by atoms with Crippen molar-refractivity contribution in [1.82, 2.24) is 0 Å². The fourth-order valence-corrected chi connectivity index (χ4v) is 8.81. The quantitative estimate of drug-likeness (QED) is 0.663. The third-order valence-electron chi connectivity index (χ3n) is 10.2. The average Bonchev–Trinajstić information content (AvgIpc) is 2.91. The fourth-order valence-electron chi connectivity index (χ4n) is 8.81. The zero-order valence-electron chi connectivity index (χ0n) is 18.2. The summed E-state index contributed by atoms with van der Waals surface area (Å²) in [5.74, 6) is 0.518. The molecule has 0 spiro atoms. The summed E-state index contributed by atoms with van der Waals surface area (Å²) in [7, 11) is 0. The summed E-state index contributed by atoms with van der Waals surface area (Å²) in [5.41, 5.74) is 0.123. The van der Waals surface area contributed by atoms with E-state index < -0.39 is 12.1 Å². The summed E-state index contributed by atoms with van der Waals surface area (Å²) in [5, 5.41) is 43.5. The Morgan fingerprint density at radius 3 is 2.38 bits per heavy atom. The van der Waals surface area contributed by atoms with Crippen molar-refractivity contribution >= 4 is 5.97 Å². The van der Waals surface area contributed by atoms with Crippen molar-refractivity contribution in [1.29, 1.82) is 0 Å². The molecule has 5 nitrogen and oxygen atoms in total. The summed E-state index contributed by atoms with van der Waals surface area (Å²) in [6.07, 6.45) is 5.86. The van der Waals surface area contributed by atoms with E-state index in [0.29, 0.717) is 18.3 Å². The van der Waals surface area contributed by atoms with Gasteiger partial charge in [0.05, 0.1) is 18.3 Å². The Balaban J connectivity index is 1.59. The average molecular weight is 408 g/mol. The first-order valence-electron chi connectivity index (χ1n) is 11.8. The maximum atomic E-state index is 11.2. The molecular formula is C24H39O5-. The maximum absolute atomic E-state index is 11.2. The van der Waals surface area contributed by atoms with E-state index in [4.69, 9.17) is 0 Å². The van der Waals surface area contributed by atoms with E-state index in [1.165, 1.54) is 0 Å². The van der Waals surface area contributed by atoms with Gasteiger partial charge in [0.1, 0.15) is 0 Å². The number of aliphatic hydroxyl groups excluding tert-OH is 3. The van der Waals surface area contributed by atoms with Crippen LogP contribution >= 0.6 is 0 Å². The molecule has 4 aliphatic carbocycles. The number of carbonyl (C=O) groups excluding carboxylic acids is 1. The number of rotatable bonds is 4. The van der Waals surface area contributed by atoms with Crippen molar-refractivity contribution in [2.45, 2.75) is 96.9 Å². The molecule has 0 aromatic carbocycles. The first-order valence-corrected chi connectivity index (χ1v) is 11.8. The minimum Gasteiger partial charge on any atom is -0.550 e. The smallest absolute Gasteiger partial charge is 0.0579 e. The molecule has 0 aliphatic heterocycles. The lowest BCUT2D eigenvalue weighted by Gasteiger charge is -2.62. The second kappa shape index (κ2) is 7.49. The molecule has 0 aromatic rings. The van der Waals surface area contributed by atoms with E-state index in [-0.39, 0.29) is 53.1 Å². The molecule has 0 heterocycles. The lowest BCUT2D eigenvalue weighted by molar-refractivity contribution is -0.306. The molecule has 0 amide bonds. The van der Waals surface area contributed by atoms with Crippen LogP contribution in [0.3, 0.4) is 0 Å². The lowest BCUT2D eigenvalue weighted by atomic mass is 9.43. The minimum atomic E-state index is -1.02. The number of carbonyl (C=O) groups is 1. The summed E-state index contributed by atoms with van der Waals surface area (Å²) < 4.78 is 0. The first kappa shape index (κ1) is 21.6. The SMILES string of the molecule is C[C@H](CCC(=O)[O-])[C@H]1[C@@H](O)C[C@H]2[C@@H]3[C@H](O)C[C@@H]4C[C@H](O)CC[C@]4(C)[C@H]3CC[C@]12C. The summed E-state index contributed by atoms with van der Waals surface area (Å²) in [4.78, 5) is 11.0. The van der Waals surface area contributed by atoms with Crippen molar-refractivity contribution in [3.63, 3.8) is 0 Å². The van der Waals surface area contributed by atoms with Crippen LogP contribution in [0.1, 0.15) is 78.6 Å². The molecule has 4 aliphatic rings. The Labute approximate surface area is 174 Å². The molecule has 29 heavy (non-hydrogen) atoms. The number of carboxylic acids is 1. The molecule has 3 N–H and O–H groups in total. The minimum absolute atomic E-state index is 0.0435. The van der Waals surface area contributed by atoms with Gasteiger partial charge in [0.2, 0.25) is 0 Å². The topological polar surface area (TPSA) is 101 Å². The fraction of sp³-hybridized carbons (Fsp3) is 0.958. The predicted octanol–water partition coefficient (Wildman–Crippen LogP) is 2.11. The van der Waals surface area contributed by atoms with Crippen LogP contribution in [0.25, 0.3) is 0 Å². The number of aliphatic hydroxyl groups is 3. The molecule has 166 valence electrons. The standard InChI is InChI=1S/C24H40O5/c1-13(4-5-20(28)29)22-19(27)12-17-21-16(7-9-24(17,22)3)23(2)8-6-15(25)10-14(23)11-18(21)26/h13-19,21-22,25-27H,4-12H2,1-3H3,(H,28,29)/p-1/t13-,14+,15-,16+,17+,18-,19+,21-,22+,23+,24+/m1/s1. The molecular weight excluding hydrogens is 368 g/mol. The van der Waals surface area contributed by atoms with Crippen molar-refractivity contribution in [2.24, 2.45) is 46.3 Å². The number of hydrogen-bond acceptors (Lipinski definition) is 5. The lowest BCUT2D eigenvalue weighted by Crippen LogP contribution is -2.58. The molecule has 0 saturated heterocycles. The second-order valence-corrected chi connectivity index (χ2v) is 11.5. The van der Waals surface area contributed by atoms with Crippen LogP contribution in [0.5, 0.6) is 0 Å². The molecule has 0 bridgehead atoms. The molecule has 4 saturated carbocycles. The van der Waals surface area contributed by atoms with E-state index in [9.17, 15) is 25.2 Å². The summed E-state index contributed by atoms with van der Waals surface area (Å²) >= 11 is 0. The Morgan fingerprint density at radius 2 is 1.69 bits per heavy atom. The van der Waals surface area contributed by atoms with Gasteiger partial charge in [0, 0.05) is 5.97 Å². The van der Waals surface area contributed by atoms with Gasteiger partial charge in [-0.2, -0.15) is 0 Å². The number of aliphatic carboxylic acids is 1. The molecule has 0 radical (unpaired) electrons. The number of carboxylic acid groups (broad SMARTS) is 1. The van der Waals surface area contributed by atoms with Crippen LogP contribution in [0.4, 0.5) is 0 Å². The van der Waals surface area contributed by atoms with Crippen molar-refractivity contribution in [3.8, 4) is 0 Å². The van der Waals surface area contributed by atoms with Crippen molar-refractivity contribution in [2.75, 3.05) is 0 Å². The molecule has 0 aromatic heterocycles. The highest BCUT2D eigenvalue weighted by molar-refractivity contribution is 5.64. The van der Waals surface area contributed by atoms with Gasteiger partial charge in [-0.05, 0) is 104 Å². The van der Waals surface area contributed by atoms with Crippen LogP contribution < -0.4 is 5.11 Å². The van der Waals surface area contributed by atoms with E-state index >= 15 is 0 Å². The van der Waals surface area contributed by atoms with Crippen LogP contribution in [-0.2, 0) is 4.79 Å². The van der Waals surface area contributed by atoms with Gasteiger partial charge in [-0.15, -0.1) is 0 Å². The van der Waals surface area contributed by atoms with Crippen LogP contribution in [0.2, 0.25) is 0 Å². The Bertz CT molecular complexity index is 637. The summed E-state index contributed by atoms with van der Waals surface area (Å²) in [6.45, 7) is 6.75. The monoisotopic (exact) mass is 407 g/mol. The molecule has 4 fully saturated rings. The van der Waals surface area contributed by atoms with Crippen LogP contribution in [0.15, 0.2) is 0 Å². The second-order valence-electron chi connectivity index (χ2n) is 11.5. The molecule has 4 rings (SSSR count). The van der Waals surface area contributed by atoms with E-state index in [0.717, 1.165) is 44.9 Å². The van der Waals surface area contributed by atoms with Gasteiger partial charge in [-0.1, -0.05) is 20.8 Å².